The van der Waals surface area contributed by atoms with E-state index in [-0.39, 0.29) is 0 Å². The molecule has 0 aromatic heterocycles. The van der Waals surface area contributed by atoms with E-state index in [1.807, 2.05) is 0 Å². The molecule has 0 aliphatic heterocycles. The fourth-order valence-corrected chi connectivity index (χ4v) is 0.386. The van der Waals surface area contributed by atoms with Crippen molar-refractivity contribution < 1.29 is 9.53 Å². The van der Waals surface area contributed by atoms with Crippen LogP contribution in [0.1, 0.15) is 13.8 Å². The van der Waals surface area contributed by atoms with Gasteiger partial charge in [-0.2, -0.15) is 0 Å². The molecule has 0 aliphatic rings. The van der Waals surface area contributed by atoms with Gasteiger partial charge in [0.25, 0.3) is 0 Å². The van der Waals surface area contributed by atoms with Crippen LogP contribution in [0.4, 0.5) is 0 Å². The Balaban J connectivity index is 4.22. The molecule has 0 aromatic rings. The molecule has 0 aromatic carbocycles. The number of hydrogen-bond donors (Lipinski definition) is 0. The van der Waals surface area contributed by atoms with E-state index < -0.39 is 0 Å². The van der Waals surface area contributed by atoms with Gasteiger partial charge in [0.05, 0.1) is 7.11 Å². The Labute approximate surface area is 60.4 Å². The minimum Gasteiger partial charge on any atom is -0.484 e. The number of ether oxygens (including phenoxy) is 1. The average molecular weight is 141 g/mol. The van der Waals surface area contributed by atoms with Gasteiger partial charge in [-0.1, -0.05) is 6.08 Å². The first-order chi connectivity index (χ1) is 4.74. The van der Waals surface area contributed by atoms with Crippen LogP contribution >= 0.6 is 0 Å². The van der Waals surface area contributed by atoms with Crippen LogP contribution in [0.15, 0.2) is 16.8 Å². The van der Waals surface area contributed by atoms with E-state index in [1.54, 1.807) is 19.9 Å². The van der Waals surface area contributed by atoms with Crippen LogP contribution in [0.25, 0.3) is 0 Å². The number of methoxy groups -OCH3 is 1. The molecule has 0 spiro atoms. The second kappa shape index (κ2) is 4.73. The summed E-state index contributed by atoms with van der Waals surface area (Å²) in [4.78, 5) is 14.0. The summed E-state index contributed by atoms with van der Waals surface area (Å²) in [6.07, 6.45) is 2.30. The maximum atomic E-state index is 10.2. The summed E-state index contributed by atoms with van der Waals surface area (Å²) in [5.41, 5.74) is 0.388. The highest BCUT2D eigenvalue weighted by molar-refractivity contribution is 5.81. The Morgan fingerprint density at radius 1 is 1.60 bits per heavy atom. The van der Waals surface area contributed by atoms with Crippen molar-refractivity contribution in [2.24, 2.45) is 4.99 Å². The molecule has 0 bridgehead atoms. The molecule has 0 radical (unpaired) electrons. The third kappa shape index (κ3) is 3.02. The minimum absolute atomic E-state index is 0.388. The lowest BCUT2D eigenvalue weighted by Crippen LogP contribution is -1.94. The molecule has 0 atom stereocenters. The van der Waals surface area contributed by atoms with Gasteiger partial charge in [0.1, 0.15) is 5.70 Å². The fraction of sp³-hybridized carbons (Fsp3) is 0.429. The van der Waals surface area contributed by atoms with E-state index in [2.05, 4.69) is 4.99 Å². The molecule has 0 saturated carbocycles. The largest absolute Gasteiger partial charge is 0.484 e. The third-order valence-corrected chi connectivity index (χ3v) is 0.998. The number of allylic oxidation sites excluding steroid dienone is 2. The lowest BCUT2D eigenvalue weighted by molar-refractivity contribution is -0.104. The van der Waals surface area contributed by atoms with Crippen molar-refractivity contribution in [3.63, 3.8) is 0 Å². The minimum atomic E-state index is 0.388. The highest BCUT2D eigenvalue weighted by Crippen LogP contribution is 1.92. The molecule has 3 nitrogen and oxygen atoms in total. The maximum absolute atomic E-state index is 10.2. The van der Waals surface area contributed by atoms with Crippen LogP contribution < -0.4 is 0 Å². The smallest absolute Gasteiger partial charge is 0.184 e. The predicted molar refractivity (Wildman–Crippen MR) is 39.9 cm³/mol. The topological polar surface area (TPSA) is 38.7 Å². The molecule has 0 amide bonds. The summed E-state index contributed by atoms with van der Waals surface area (Å²) in [6, 6.07) is 0. The number of aliphatic imine (C=N–C) groups is 1. The number of hydrogen-bond acceptors (Lipinski definition) is 3. The molecule has 10 heavy (non-hydrogen) atoms. The Morgan fingerprint density at radius 3 is 2.50 bits per heavy atom. The molecule has 0 heterocycles. The molecule has 3 heteroatoms. The lowest BCUT2D eigenvalue weighted by Gasteiger charge is -1.95. The van der Waals surface area contributed by atoms with E-state index >= 15 is 0 Å². The van der Waals surface area contributed by atoms with Crippen LogP contribution in [0.5, 0.6) is 0 Å². The molecule has 56 valence electrons. The number of rotatable bonds is 2. The molecular weight excluding hydrogens is 130 g/mol. The average Bonchev–Trinajstić information content (AvgIpc) is 1.99. The van der Waals surface area contributed by atoms with Crippen LogP contribution in [-0.2, 0) is 9.53 Å². The Kier molecular flexibility index (Phi) is 4.20. The molecular formula is C7H11NO2. The number of nitrogens with zero attached hydrogens (tertiary/aromatic N) is 1. The molecule has 0 unspecified atom stereocenters. The van der Waals surface area contributed by atoms with Gasteiger partial charge < -0.3 is 4.74 Å². The van der Waals surface area contributed by atoms with Gasteiger partial charge in [-0.05, 0) is 6.92 Å². The van der Waals surface area contributed by atoms with Gasteiger partial charge in [-0.15, -0.1) is 0 Å². The first kappa shape index (κ1) is 8.88. The lowest BCUT2D eigenvalue weighted by atomic mass is 10.4. The standard InChI is InChI=1S/C7H11NO2/c1-4-7(5-9)8-6(2)10-3/h4-5H,1-3H3/b7-4-,8-6+. The van der Waals surface area contributed by atoms with Crippen molar-refractivity contribution in [1.29, 1.82) is 0 Å². The number of carbonyl (C=O) groups excluding carboxylic acids is 1. The van der Waals surface area contributed by atoms with Crippen LogP contribution in [-0.4, -0.2) is 19.3 Å². The summed E-state index contributed by atoms with van der Waals surface area (Å²) < 4.78 is 4.73. The summed E-state index contributed by atoms with van der Waals surface area (Å²) in [5, 5.41) is 0. The zero-order valence-electron chi connectivity index (χ0n) is 6.42. The van der Waals surface area contributed by atoms with Crippen molar-refractivity contribution in [3.05, 3.63) is 11.8 Å². The van der Waals surface area contributed by atoms with Gasteiger partial charge >= 0.3 is 0 Å². The molecule has 0 fully saturated rings. The first-order valence-electron chi connectivity index (χ1n) is 2.95. The molecule has 0 N–H and O–H groups in total. The Morgan fingerprint density at radius 2 is 2.20 bits per heavy atom. The number of aldehydes is 1. The van der Waals surface area contributed by atoms with Crippen LogP contribution in [0.3, 0.4) is 0 Å². The zero-order chi connectivity index (χ0) is 7.98. The Bertz CT molecular complexity index is 170. The van der Waals surface area contributed by atoms with E-state index in [1.165, 1.54) is 7.11 Å². The second-order valence-corrected chi connectivity index (χ2v) is 1.67. The Hall–Kier alpha value is -1.12. The third-order valence-electron chi connectivity index (χ3n) is 0.998. The maximum Gasteiger partial charge on any atom is 0.184 e. The monoisotopic (exact) mass is 141 g/mol. The van der Waals surface area contributed by atoms with Crippen LogP contribution in [0, 0.1) is 0 Å². The predicted octanol–water partition coefficient (Wildman–Crippen LogP) is 1.15. The quantitative estimate of drug-likeness (QED) is 0.250. The van der Waals surface area contributed by atoms with E-state index in [4.69, 9.17) is 4.74 Å². The van der Waals surface area contributed by atoms with Gasteiger partial charge in [0, 0.05) is 6.92 Å². The normalized spacial score (nSPS) is 13.1. The second-order valence-electron chi connectivity index (χ2n) is 1.67. The van der Waals surface area contributed by atoms with E-state index in [0.29, 0.717) is 17.9 Å². The van der Waals surface area contributed by atoms with Crippen molar-refractivity contribution in [2.75, 3.05) is 7.11 Å². The summed E-state index contributed by atoms with van der Waals surface area (Å²) in [6.45, 7) is 3.43. The van der Waals surface area contributed by atoms with Gasteiger partial charge in [-0.3, -0.25) is 4.79 Å². The molecule has 0 rings (SSSR count). The molecule has 0 aliphatic carbocycles. The highest BCUT2D eigenvalue weighted by Gasteiger charge is 1.89. The zero-order valence-corrected chi connectivity index (χ0v) is 6.42. The SMILES string of the molecule is C/C=C(C=O)\N=C(/C)OC. The van der Waals surface area contributed by atoms with Crippen molar-refractivity contribution in [1.82, 2.24) is 0 Å². The van der Waals surface area contributed by atoms with Gasteiger partial charge in [0.2, 0.25) is 0 Å². The van der Waals surface area contributed by atoms with E-state index in [0.717, 1.165) is 0 Å². The van der Waals surface area contributed by atoms with Crippen molar-refractivity contribution >= 4 is 12.2 Å². The van der Waals surface area contributed by atoms with Crippen molar-refractivity contribution in [3.8, 4) is 0 Å². The highest BCUT2D eigenvalue weighted by atomic mass is 16.5. The van der Waals surface area contributed by atoms with E-state index in [9.17, 15) is 4.79 Å². The first-order valence-corrected chi connectivity index (χ1v) is 2.95. The van der Waals surface area contributed by atoms with Gasteiger partial charge in [-0.25, -0.2) is 4.99 Å². The summed E-state index contributed by atoms with van der Waals surface area (Å²) >= 11 is 0. The van der Waals surface area contributed by atoms with Crippen molar-refractivity contribution in [2.45, 2.75) is 13.8 Å². The fourth-order valence-electron chi connectivity index (χ4n) is 0.386. The van der Waals surface area contributed by atoms with Crippen LogP contribution in [0.2, 0.25) is 0 Å². The summed E-state index contributed by atoms with van der Waals surface area (Å²) in [5.74, 6) is 0.486. The summed E-state index contributed by atoms with van der Waals surface area (Å²) in [7, 11) is 1.51. The van der Waals surface area contributed by atoms with Gasteiger partial charge in [0.15, 0.2) is 12.2 Å². The molecule has 0 saturated heterocycles. The number of carbonyl (C=O) groups is 1.